The monoisotopic (exact) mass is 345 g/mol. The Hall–Kier alpha value is -2.04. The molecule has 2 aliphatic heterocycles. The first-order chi connectivity index (χ1) is 12.1. The highest BCUT2D eigenvalue weighted by atomic mass is 16.6. The van der Waals surface area contributed by atoms with Crippen LogP contribution in [0.1, 0.15) is 49.9 Å². The van der Waals surface area contributed by atoms with Crippen molar-refractivity contribution in [1.29, 1.82) is 0 Å². The Morgan fingerprint density at radius 2 is 1.72 bits per heavy atom. The van der Waals surface area contributed by atoms with Crippen LogP contribution < -0.4 is 9.47 Å². The van der Waals surface area contributed by atoms with Gasteiger partial charge in [0.2, 0.25) is 5.91 Å². The van der Waals surface area contributed by atoms with E-state index in [1.165, 1.54) is 0 Å². The van der Waals surface area contributed by atoms with E-state index in [2.05, 4.69) is 13.8 Å². The van der Waals surface area contributed by atoms with E-state index < -0.39 is 0 Å². The van der Waals surface area contributed by atoms with Gasteiger partial charge in [-0.25, -0.2) is 0 Å². The lowest BCUT2D eigenvalue weighted by atomic mass is 9.88. The Morgan fingerprint density at radius 3 is 2.36 bits per heavy atom. The third kappa shape index (κ3) is 3.80. The second-order valence-corrected chi connectivity index (χ2v) is 6.84. The molecule has 1 saturated heterocycles. The number of amides is 1. The molecular weight excluding hydrogens is 318 g/mol. The number of hydrogen-bond acceptors (Lipinski definition) is 4. The van der Waals surface area contributed by atoms with Gasteiger partial charge < -0.3 is 14.4 Å². The zero-order valence-corrected chi connectivity index (χ0v) is 15.1. The molecule has 136 valence electrons. The fourth-order valence-electron chi connectivity index (χ4n) is 3.69. The smallest absolute Gasteiger partial charge is 0.225 e. The maximum absolute atomic E-state index is 12.8. The lowest BCUT2D eigenvalue weighted by Gasteiger charge is -2.33. The summed E-state index contributed by atoms with van der Waals surface area (Å²) in [6, 6.07) is 5.42. The van der Waals surface area contributed by atoms with E-state index in [9.17, 15) is 9.59 Å². The minimum absolute atomic E-state index is 0.0201. The molecule has 0 spiro atoms. The van der Waals surface area contributed by atoms with Crippen LogP contribution in [-0.2, 0) is 4.79 Å². The number of Topliss-reactive ketones (excluding diaryl/α,β-unsaturated/α-hetero) is 1. The molecule has 3 rings (SSSR count). The Bertz CT molecular complexity index is 631. The summed E-state index contributed by atoms with van der Waals surface area (Å²) in [7, 11) is 0. The Kier molecular flexibility index (Phi) is 5.61. The van der Waals surface area contributed by atoms with Crippen molar-refractivity contribution < 1.29 is 19.1 Å². The van der Waals surface area contributed by atoms with Crippen LogP contribution in [0.5, 0.6) is 11.5 Å². The molecular formula is C20H27NO4. The number of rotatable bonds is 5. The van der Waals surface area contributed by atoms with Gasteiger partial charge in [0.05, 0.1) is 0 Å². The molecule has 1 amide bonds. The van der Waals surface area contributed by atoms with Gasteiger partial charge in [-0.1, -0.05) is 13.8 Å². The van der Waals surface area contributed by atoms with Crippen LogP contribution in [0.4, 0.5) is 0 Å². The highest BCUT2D eigenvalue weighted by molar-refractivity contribution is 5.98. The van der Waals surface area contributed by atoms with Gasteiger partial charge in [0.1, 0.15) is 13.2 Å². The average Bonchev–Trinajstić information content (AvgIpc) is 2.68. The number of likely N-dealkylation sites (tertiary alicyclic amines) is 1. The predicted molar refractivity (Wildman–Crippen MR) is 95.1 cm³/mol. The highest BCUT2D eigenvalue weighted by Gasteiger charge is 2.30. The largest absolute Gasteiger partial charge is 0.486 e. The summed E-state index contributed by atoms with van der Waals surface area (Å²) < 4.78 is 11.1. The first kappa shape index (κ1) is 17.8. The molecule has 25 heavy (non-hydrogen) atoms. The van der Waals surface area contributed by atoms with E-state index in [1.807, 2.05) is 17.0 Å². The SMILES string of the molecule is CCC(CC)C(=O)N1CCC(C(=O)c2ccc3c(c2)OCCO3)CC1. The number of carbonyl (C=O) groups excluding carboxylic acids is 2. The Morgan fingerprint density at radius 1 is 1.08 bits per heavy atom. The summed E-state index contributed by atoms with van der Waals surface area (Å²) in [5.74, 6) is 1.84. The van der Waals surface area contributed by atoms with Gasteiger partial charge in [-0.3, -0.25) is 9.59 Å². The second kappa shape index (κ2) is 7.89. The standard InChI is InChI=1S/C20H27NO4/c1-3-14(4-2)20(23)21-9-7-15(8-10-21)19(22)16-5-6-17-18(13-16)25-12-11-24-17/h5-6,13-15H,3-4,7-12H2,1-2H3. The van der Waals surface area contributed by atoms with Crippen LogP contribution in [0.25, 0.3) is 0 Å². The number of ether oxygens (including phenoxy) is 2. The number of carbonyl (C=O) groups is 2. The van der Waals surface area contributed by atoms with E-state index in [0.29, 0.717) is 43.4 Å². The van der Waals surface area contributed by atoms with Crippen LogP contribution in [0.15, 0.2) is 18.2 Å². The van der Waals surface area contributed by atoms with E-state index in [-0.39, 0.29) is 23.5 Å². The third-order valence-corrected chi connectivity index (χ3v) is 5.34. The van der Waals surface area contributed by atoms with E-state index >= 15 is 0 Å². The minimum atomic E-state index is -0.0201. The number of benzene rings is 1. The van der Waals surface area contributed by atoms with Gasteiger partial charge in [-0.15, -0.1) is 0 Å². The van der Waals surface area contributed by atoms with Crippen LogP contribution in [0.3, 0.4) is 0 Å². The number of nitrogens with zero attached hydrogens (tertiary/aromatic N) is 1. The number of piperidine rings is 1. The van der Waals surface area contributed by atoms with Gasteiger partial charge in [0, 0.05) is 30.5 Å². The van der Waals surface area contributed by atoms with Crippen molar-refractivity contribution in [3.8, 4) is 11.5 Å². The predicted octanol–water partition coefficient (Wildman–Crippen LogP) is 3.32. The fraction of sp³-hybridized carbons (Fsp3) is 0.600. The quantitative estimate of drug-likeness (QED) is 0.768. The molecule has 0 atom stereocenters. The van der Waals surface area contributed by atoms with E-state index in [0.717, 1.165) is 25.7 Å². The fourth-order valence-corrected chi connectivity index (χ4v) is 3.69. The van der Waals surface area contributed by atoms with E-state index in [1.54, 1.807) is 6.07 Å². The molecule has 0 aromatic heterocycles. The molecule has 5 nitrogen and oxygen atoms in total. The lowest BCUT2D eigenvalue weighted by molar-refractivity contribution is -0.137. The van der Waals surface area contributed by atoms with Gasteiger partial charge in [-0.2, -0.15) is 0 Å². The number of ketones is 1. The lowest BCUT2D eigenvalue weighted by Crippen LogP contribution is -2.43. The number of hydrogen-bond donors (Lipinski definition) is 0. The highest BCUT2D eigenvalue weighted by Crippen LogP contribution is 2.32. The van der Waals surface area contributed by atoms with E-state index in [4.69, 9.17) is 9.47 Å². The van der Waals surface area contributed by atoms with Crippen molar-refractivity contribution in [1.82, 2.24) is 4.90 Å². The van der Waals surface area contributed by atoms with Gasteiger partial charge >= 0.3 is 0 Å². The van der Waals surface area contributed by atoms with Crippen LogP contribution in [-0.4, -0.2) is 42.9 Å². The van der Waals surface area contributed by atoms with Gasteiger partial charge in [-0.05, 0) is 43.9 Å². The van der Waals surface area contributed by atoms with Crippen molar-refractivity contribution in [2.75, 3.05) is 26.3 Å². The molecule has 0 unspecified atom stereocenters. The summed E-state index contributed by atoms with van der Waals surface area (Å²) in [5, 5.41) is 0. The van der Waals surface area contributed by atoms with Crippen molar-refractivity contribution >= 4 is 11.7 Å². The molecule has 0 bridgehead atoms. The third-order valence-electron chi connectivity index (χ3n) is 5.34. The molecule has 5 heteroatoms. The molecule has 1 fully saturated rings. The van der Waals surface area contributed by atoms with Gasteiger partial charge in [0.25, 0.3) is 0 Å². The topological polar surface area (TPSA) is 55.8 Å². The first-order valence-corrected chi connectivity index (χ1v) is 9.36. The maximum atomic E-state index is 12.8. The number of fused-ring (bicyclic) bond motifs is 1. The van der Waals surface area contributed by atoms with Crippen molar-refractivity contribution in [2.24, 2.45) is 11.8 Å². The molecule has 0 radical (unpaired) electrons. The Balaban J connectivity index is 1.61. The zero-order chi connectivity index (χ0) is 17.8. The Labute approximate surface area is 149 Å². The van der Waals surface area contributed by atoms with Crippen molar-refractivity contribution in [3.05, 3.63) is 23.8 Å². The second-order valence-electron chi connectivity index (χ2n) is 6.84. The molecule has 1 aromatic rings. The minimum Gasteiger partial charge on any atom is -0.486 e. The summed E-state index contributed by atoms with van der Waals surface area (Å²) in [5.41, 5.74) is 0.675. The molecule has 0 N–H and O–H groups in total. The van der Waals surface area contributed by atoms with Crippen LogP contribution in [0, 0.1) is 11.8 Å². The summed E-state index contributed by atoms with van der Waals surface area (Å²) in [4.78, 5) is 27.2. The van der Waals surface area contributed by atoms with Crippen molar-refractivity contribution in [2.45, 2.75) is 39.5 Å². The van der Waals surface area contributed by atoms with Gasteiger partial charge in [0.15, 0.2) is 17.3 Å². The van der Waals surface area contributed by atoms with Crippen molar-refractivity contribution in [3.63, 3.8) is 0 Å². The first-order valence-electron chi connectivity index (χ1n) is 9.36. The van der Waals surface area contributed by atoms with Crippen LogP contribution >= 0.6 is 0 Å². The molecule has 0 aliphatic carbocycles. The summed E-state index contributed by atoms with van der Waals surface area (Å²) in [6.45, 7) is 6.53. The van der Waals surface area contributed by atoms with Crippen LogP contribution in [0.2, 0.25) is 0 Å². The molecule has 2 heterocycles. The molecule has 2 aliphatic rings. The normalized spacial score (nSPS) is 17.6. The molecule has 0 saturated carbocycles. The maximum Gasteiger partial charge on any atom is 0.225 e. The summed E-state index contributed by atoms with van der Waals surface area (Å²) >= 11 is 0. The molecule has 1 aromatic carbocycles. The summed E-state index contributed by atoms with van der Waals surface area (Å²) in [6.07, 6.45) is 3.23. The zero-order valence-electron chi connectivity index (χ0n) is 15.1. The average molecular weight is 345 g/mol.